The maximum absolute atomic E-state index is 14.0. The minimum atomic E-state index is -0.666. The Morgan fingerprint density at radius 2 is 1.88 bits per heavy atom. The molecule has 0 fully saturated rings. The van der Waals surface area contributed by atoms with Crippen LogP contribution in [0.3, 0.4) is 0 Å². The summed E-state index contributed by atoms with van der Waals surface area (Å²) in [6, 6.07) is 11.5. The van der Waals surface area contributed by atoms with E-state index in [1.807, 2.05) is 19.1 Å². The Morgan fingerprint density at radius 3 is 2.65 bits per heavy atom. The van der Waals surface area contributed by atoms with Crippen molar-refractivity contribution < 1.29 is 14.0 Å². The highest BCUT2D eigenvalue weighted by atomic mass is 19.1. The first-order valence-electron chi connectivity index (χ1n) is 10.1. The lowest BCUT2D eigenvalue weighted by atomic mass is 10.3. The number of nitrogens with zero attached hydrogens (tertiary/aromatic N) is 6. The largest absolute Gasteiger partial charge is 0.364 e. The van der Waals surface area contributed by atoms with E-state index >= 15 is 0 Å². The Labute approximate surface area is 191 Å². The monoisotopic (exact) mass is 456 g/mol. The number of pyridine rings is 3. The lowest BCUT2D eigenvalue weighted by molar-refractivity contribution is 0.0992. The number of aryl methyl sites for hydroxylation is 1. The van der Waals surface area contributed by atoms with Crippen LogP contribution < -0.4 is 11.1 Å². The third-order valence-electron chi connectivity index (χ3n) is 5.07. The zero-order valence-corrected chi connectivity index (χ0v) is 17.8. The van der Waals surface area contributed by atoms with E-state index in [0.717, 1.165) is 5.69 Å². The molecule has 0 aliphatic rings. The molecule has 34 heavy (non-hydrogen) atoms. The van der Waals surface area contributed by atoms with Crippen molar-refractivity contribution >= 4 is 23.3 Å². The number of nitrogens with one attached hydrogen (secondary N) is 1. The molecular weight excluding hydrogens is 439 g/mol. The van der Waals surface area contributed by atoms with E-state index in [0.29, 0.717) is 22.9 Å². The van der Waals surface area contributed by atoms with Crippen LogP contribution in [0.15, 0.2) is 67.3 Å². The fourth-order valence-electron chi connectivity index (χ4n) is 3.48. The van der Waals surface area contributed by atoms with E-state index in [-0.39, 0.29) is 17.2 Å². The molecule has 0 atom stereocenters. The lowest BCUT2D eigenvalue weighted by Gasteiger charge is -2.09. The van der Waals surface area contributed by atoms with E-state index in [9.17, 15) is 14.0 Å². The molecule has 5 aromatic heterocycles. The first-order chi connectivity index (χ1) is 16.4. The highest BCUT2D eigenvalue weighted by Gasteiger charge is 2.20. The second kappa shape index (κ2) is 8.20. The fourth-order valence-corrected chi connectivity index (χ4v) is 3.48. The average molecular weight is 456 g/mol. The second-order valence-corrected chi connectivity index (χ2v) is 7.40. The number of rotatable bonds is 5. The molecule has 5 heterocycles. The molecule has 10 nitrogen and oxygen atoms in total. The van der Waals surface area contributed by atoms with E-state index in [2.05, 4.69) is 25.3 Å². The summed E-state index contributed by atoms with van der Waals surface area (Å²) < 4.78 is 17.2. The lowest BCUT2D eigenvalue weighted by Crippen LogP contribution is -2.14. The first-order valence-corrected chi connectivity index (χ1v) is 10.1. The molecule has 5 rings (SSSR count). The third kappa shape index (κ3) is 3.75. The molecule has 0 radical (unpaired) electrons. The number of halogens is 1. The number of carbonyl (C=O) groups is 2. The molecule has 0 bridgehead atoms. The number of anilines is 1. The number of primary amides is 1. The highest BCUT2D eigenvalue weighted by molar-refractivity contribution is 6.02. The van der Waals surface area contributed by atoms with Gasteiger partial charge in [0.25, 0.3) is 11.8 Å². The smallest absolute Gasteiger partial charge is 0.277 e. The number of carbonyl (C=O) groups excluding carboxylic acids is 2. The van der Waals surface area contributed by atoms with Crippen molar-refractivity contribution in [2.75, 3.05) is 5.32 Å². The van der Waals surface area contributed by atoms with Gasteiger partial charge in [0.1, 0.15) is 22.7 Å². The summed E-state index contributed by atoms with van der Waals surface area (Å²) in [5, 5.41) is 2.43. The van der Waals surface area contributed by atoms with E-state index in [1.165, 1.54) is 30.7 Å². The highest BCUT2D eigenvalue weighted by Crippen LogP contribution is 2.23. The Bertz CT molecular complexity index is 1570. The predicted octanol–water partition coefficient (Wildman–Crippen LogP) is 2.78. The minimum Gasteiger partial charge on any atom is -0.364 e. The Balaban J connectivity index is 1.64. The summed E-state index contributed by atoms with van der Waals surface area (Å²) in [5.41, 5.74) is 8.06. The molecule has 0 saturated heterocycles. The number of nitrogens with two attached hydrogens (primary N) is 1. The summed E-state index contributed by atoms with van der Waals surface area (Å²) >= 11 is 0. The number of hydrogen-bond acceptors (Lipinski definition) is 6. The van der Waals surface area contributed by atoms with Gasteiger partial charge in [-0.1, -0.05) is 6.07 Å². The Hall–Kier alpha value is -4.93. The van der Waals surface area contributed by atoms with Gasteiger partial charge < -0.3 is 11.1 Å². The molecule has 168 valence electrons. The Kier molecular flexibility index (Phi) is 5.05. The summed E-state index contributed by atoms with van der Waals surface area (Å²) in [7, 11) is 0. The molecule has 0 aliphatic heterocycles. The van der Waals surface area contributed by atoms with Gasteiger partial charge in [0, 0.05) is 24.3 Å². The van der Waals surface area contributed by atoms with Crippen molar-refractivity contribution in [3.05, 3.63) is 90.2 Å². The van der Waals surface area contributed by atoms with E-state index < -0.39 is 17.6 Å². The quantitative estimate of drug-likeness (QED) is 0.418. The van der Waals surface area contributed by atoms with Gasteiger partial charge in [0.2, 0.25) is 0 Å². The SMILES string of the molecule is Cc1cccc(-c2nc(C(=O)Nc3ncccc3F)cn2-c2ccc3ncc(C(N)=O)n3c2)n1. The number of imidazole rings is 2. The second-order valence-electron chi connectivity index (χ2n) is 7.40. The maximum Gasteiger partial charge on any atom is 0.277 e. The van der Waals surface area contributed by atoms with Crippen LogP contribution in [0.1, 0.15) is 26.7 Å². The number of aromatic nitrogens is 6. The van der Waals surface area contributed by atoms with Crippen LogP contribution in [0.2, 0.25) is 0 Å². The average Bonchev–Trinajstić information content (AvgIpc) is 3.45. The molecule has 2 amide bonds. The van der Waals surface area contributed by atoms with Gasteiger partial charge in [0.05, 0.1) is 11.9 Å². The van der Waals surface area contributed by atoms with E-state index in [1.54, 1.807) is 33.4 Å². The summed E-state index contributed by atoms with van der Waals surface area (Å²) in [6.07, 6.45) is 5.91. The zero-order valence-electron chi connectivity index (χ0n) is 17.8. The van der Waals surface area contributed by atoms with Crippen LogP contribution >= 0.6 is 0 Å². The van der Waals surface area contributed by atoms with Crippen molar-refractivity contribution in [1.82, 2.24) is 28.9 Å². The van der Waals surface area contributed by atoms with E-state index in [4.69, 9.17) is 5.73 Å². The molecule has 0 aliphatic carbocycles. The Morgan fingerprint density at radius 1 is 1.03 bits per heavy atom. The van der Waals surface area contributed by atoms with Crippen molar-refractivity contribution in [3.63, 3.8) is 0 Å². The van der Waals surface area contributed by atoms with Crippen LogP contribution in [0.5, 0.6) is 0 Å². The summed E-state index contributed by atoms with van der Waals surface area (Å²) in [4.78, 5) is 41.7. The standard InChI is InChI=1S/C23H17FN8O2/c1-13-4-2-6-16(28-13)22-29-17(23(34)30-21-15(24)5-3-9-26-21)12-31(22)14-7-8-19-27-10-18(20(25)33)32(19)11-14/h2-12H,1H3,(H2,25,33)(H,26,30,34). The molecule has 0 aromatic carbocycles. The van der Waals surface area contributed by atoms with Gasteiger partial charge >= 0.3 is 0 Å². The normalized spacial score (nSPS) is 11.0. The molecule has 0 unspecified atom stereocenters. The van der Waals surface area contributed by atoms with Crippen LogP contribution in [-0.4, -0.2) is 40.7 Å². The van der Waals surface area contributed by atoms with Gasteiger partial charge in [0.15, 0.2) is 17.5 Å². The molecule has 5 aromatic rings. The molecule has 3 N–H and O–H groups in total. The van der Waals surface area contributed by atoms with Gasteiger partial charge in [-0.25, -0.2) is 24.3 Å². The summed E-state index contributed by atoms with van der Waals surface area (Å²) in [5.74, 6) is -1.78. The van der Waals surface area contributed by atoms with Crippen LogP contribution in [0.4, 0.5) is 10.2 Å². The number of hydrogen-bond donors (Lipinski definition) is 2. The van der Waals surface area contributed by atoms with Gasteiger partial charge in [-0.3, -0.25) is 18.6 Å². The first kappa shape index (κ1) is 20.9. The molecule has 0 spiro atoms. The predicted molar refractivity (Wildman–Crippen MR) is 121 cm³/mol. The van der Waals surface area contributed by atoms with Gasteiger partial charge in [-0.2, -0.15) is 0 Å². The van der Waals surface area contributed by atoms with Crippen molar-refractivity contribution in [3.8, 4) is 17.2 Å². The third-order valence-corrected chi connectivity index (χ3v) is 5.07. The number of fused-ring (bicyclic) bond motifs is 1. The van der Waals surface area contributed by atoms with Crippen molar-refractivity contribution in [1.29, 1.82) is 0 Å². The summed E-state index contributed by atoms with van der Waals surface area (Å²) in [6.45, 7) is 1.84. The minimum absolute atomic E-state index is 0.0178. The van der Waals surface area contributed by atoms with Gasteiger partial charge in [-0.15, -0.1) is 0 Å². The molecule has 11 heteroatoms. The zero-order chi connectivity index (χ0) is 23.8. The van der Waals surface area contributed by atoms with Crippen LogP contribution in [0, 0.1) is 12.7 Å². The van der Waals surface area contributed by atoms with Gasteiger partial charge in [-0.05, 0) is 43.3 Å². The van der Waals surface area contributed by atoms with Crippen molar-refractivity contribution in [2.45, 2.75) is 6.92 Å². The maximum atomic E-state index is 14.0. The van der Waals surface area contributed by atoms with Crippen molar-refractivity contribution in [2.24, 2.45) is 5.73 Å². The number of amides is 2. The topological polar surface area (TPSA) is 133 Å². The van der Waals surface area contributed by atoms with Crippen LogP contribution in [-0.2, 0) is 0 Å². The van der Waals surface area contributed by atoms with Crippen LogP contribution in [0.25, 0.3) is 22.9 Å². The molecule has 0 saturated carbocycles. The fraction of sp³-hybridized carbons (Fsp3) is 0.0435. The molecular formula is C23H17FN8O2.